The van der Waals surface area contributed by atoms with E-state index in [-0.39, 0.29) is 63.3 Å². The third-order valence-electron chi connectivity index (χ3n) is 14.1. The molecule has 0 aromatic heterocycles. The normalized spacial score (nSPS) is 30.6. The molecule has 2 saturated heterocycles. The number of aliphatic hydroxyl groups is 5. The van der Waals surface area contributed by atoms with Gasteiger partial charge in [0, 0.05) is 38.1 Å². The molecule has 1 aliphatic carbocycles. The molecule has 3 fully saturated rings. The van der Waals surface area contributed by atoms with Crippen molar-refractivity contribution in [1.82, 2.24) is 36.0 Å². The molecule has 25 nitrogen and oxygen atoms in total. The van der Waals surface area contributed by atoms with Gasteiger partial charge in [-0.3, -0.25) is 25.2 Å². The highest BCUT2D eigenvalue weighted by Crippen LogP contribution is 2.40. The third-order valence-corrected chi connectivity index (χ3v) is 14.1. The van der Waals surface area contributed by atoms with Crippen LogP contribution < -0.4 is 21.3 Å². The lowest BCUT2D eigenvalue weighted by molar-refractivity contribution is -0.306. The van der Waals surface area contributed by atoms with Crippen LogP contribution in [0.3, 0.4) is 0 Å². The molecule has 13 atom stereocenters. The molecular weight excluding hydrogens is 1040 g/mol. The second kappa shape index (κ2) is 24.6. The smallest absolute Gasteiger partial charge is 0.410 e. The summed E-state index contributed by atoms with van der Waals surface area (Å²) in [6.07, 6.45) is -10.4. The van der Waals surface area contributed by atoms with Crippen LogP contribution in [0, 0.1) is 11.3 Å². The first-order valence-electron chi connectivity index (χ1n) is 27.4. The Hall–Kier alpha value is -5.38. The fraction of sp³-hybridized carbons (Fsp3) is 0.745. The number of likely N-dealkylation sites (N-methyl/N-ethyl adjacent to an activating group) is 1. The summed E-state index contributed by atoms with van der Waals surface area (Å²) in [5.74, 6) is -1.64. The Morgan fingerprint density at radius 3 is 1.96 bits per heavy atom. The van der Waals surface area contributed by atoms with Crippen molar-refractivity contribution in [2.45, 2.75) is 210 Å². The Balaban J connectivity index is 1.35. The first-order chi connectivity index (χ1) is 36.9. The highest BCUT2D eigenvalue weighted by Gasteiger charge is 2.57. The molecule has 3 unspecified atom stereocenters. The summed E-state index contributed by atoms with van der Waals surface area (Å²) >= 11 is 0. The molecule has 5 amide bonds. The molecule has 1 saturated carbocycles. The molecule has 4 aliphatic heterocycles. The van der Waals surface area contributed by atoms with Crippen molar-refractivity contribution >= 4 is 36.1 Å². The molecule has 0 spiro atoms. The molecule has 5 aliphatic rings. The molecular formula is C55H88N8O17. The summed E-state index contributed by atoms with van der Waals surface area (Å²) in [5, 5.41) is 82.1. The van der Waals surface area contributed by atoms with E-state index in [2.05, 4.69) is 21.3 Å². The van der Waals surface area contributed by atoms with Crippen molar-refractivity contribution in [3.8, 4) is 0 Å². The lowest BCUT2D eigenvalue weighted by Gasteiger charge is -2.53. The van der Waals surface area contributed by atoms with Gasteiger partial charge in [-0.05, 0) is 140 Å². The van der Waals surface area contributed by atoms with E-state index in [0.29, 0.717) is 29.9 Å². The number of aliphatic hydroxyl groups excluding tert-OH is 3. The second-order valence-corrected chi connectivity index (χ2v) is 25.8. The molecule has 10 N–H and O–H groups in total. The number of benzene rings is 1. The molecule has 1 aromatic carbocycles. The topological polar surface area (TPSA) is 333 Å². The first kappa shape index (κ1) is 63.8. The largest absolute Gasteiger partial charge is 0.491 e. The van der Waals surface area contributed by atoms with Gasteiger partial charge < -0.3 is 84.4 Å². The maximum Gasteiger partial charge on any atom is 0.410 e. The summed E-state index contributed by atoms with van der Waals surface area (Å²) in [4.78, 5) is 70.6. The summed E-state index contributed by atoms with van der Waals surface area (Å²) in [5.41, 5.74) is -6.75. The molecule has 0 radical (unpaired) electrons. The van der Waals surface area contributed by atoms with Crippen LogP contribution in [0.25, 0.3) is 0 Å². The van der Waals surface area contributed by atoms with Crippen LogP contribution in [0.2, 0.25) is 0 Å². The lowest BCUT2D eigenvalue weighted by Crippen LogP contribution is -2.71. The van der Waals surface area contributed by atoms with Crippen LogP contribution in [0.1, 0.15) is 136 Å². The maximum atomic E-state index is 14.0. The van der Waals surface area contributed by atoms with Gasteiger partial charge in [-0.1, -0.05) is 12.1 Å². The number of likely N-dealkylation sites (tertiary alicyclic amines) is 1. The fourth-order valence-corrected chi connectivity index (χ4v) is 10.7. The highest BCUT2D eigenvalue weighted by molar-refractivity contribution is 6.21. The number of carbonyl (C=O) groups is 5. The van der Waals surface area contributed by atoms with E-state index in [1.165, 1.54) is 28.7 Å². The average molecular weight is 1130 g/mol. The van der Waals surface area contributed by atoms with Gasteiger partial charge in [-0.15, -0.1) is 0 Å². The quantitative estimate of drug-likeness (QED) is 0.0301. The van der Waals surface area contributed by atoms with Gasteiger partial charge in [0.25, 0.3) is 17.8 Å². The number of carbonyl (C=O) groups excluding carboxylic acids is 5. The summed E-state index contributed by atoms with van der Waals surface area (Å²) in [6, 6.07) is 1.56. The Morgan fingerprint density at radius 1 is 0.838 bits per heavy atom. The van der Waals surface area contributed by atoms with E-state index < -0.39 is 126 Å². The number of ether oxygens (including phenoxy) is 7. The van der Waals surface area contributed by atoms with E-state index in [9.17, 15) is 49.5 Å². The predicted molar refractivity (Wildman–Crippen MR) is 289 cm³/mol. The molecule has 0 bridgehead atoms. The van der Waals surface area contributed by atoms with Crippen LogP contribution in [-0.2, 0) is 33.2 Å². The van der Waals surface area contributed by atoms with Gasteiger partial charge in [0.1, 0.15) is 63.9 Å². The van der Waals surface area contributed by atoms with Crippen LogP contribution in [0.4, 0.5) is 14.4 Å². The number of amidine groups is 1. The number of nitrogens with zero attached hydrogens (tertiary/aromatic N) is 3. The van der Waals surface area contributed by atoms with Crippen LogP contribution in [-0.4, -0.2) is 217 Å². The van der Waals surface area contributed by atoms with Crippen molar-refractivity contribution < 1.29 is 82.7 Å². The molecule has 6 rings (SSSR count). The van der Waals surface area contributed by atoms with Gasteiger partial charge in [0.2, 0.25) is 0 Å². The van der Waals surface area contributed by atoms with Crippen molar-refractivity contribution in [1.29, 1.82) is 5.41 Å². The standard InChI is InChI=1S/C55H88N8O17/c1-50(2,3)77-46(56)61(14)41-38(65)44(74-29-54(41,13)72)76-40-35(58-45(68)55(73)22-25-62(28-55)49(71)80-53(10,11)12)26-34(60-48(70)79-52(7,8)9)36(37(40)64)39-33(59-47(69)78-51(4,5)6)21-20-30(75-39)27-57-23-17-24-63-42(66)31-18-15-16-19-32(31)43(63)67/h15-16,18-20,33-41,44-45,56-58,64-65,68,72-73H,17,21-29H2,1-14H3,(H,59,69)(H,60,70)/t33-,34+,35-,36-,37+,38-,39?,40+,41-,44-,45?,54+,55?/m1/s1. The van der Waals surface area contributed by atoms with Crippen LogP contribution >= 0.6 is 0 Å². The summed E-state index contributed by atoms with van der Waals surface area (Å²) < 4.78 is 42.3. The van der Waals surface area contributed by atoms with Crippen molar-refractivity contribution in [3.63, 3.8) is 0 Å². The molecule has 80 heavy (non-hydrogen) atoms. The Bertz CT molecular complexity index is 2400. The molecule has 25 heteroatoms. The van der Waals surface area contributed by atoms with Gasteiger partial charge >= 0.3 is 18.3 Å². The molecule has 4 heterocycles. The maximum absolute atomic E-state index is 14.0. The highest BCUT2D eigenvalue weighted by atomic mass is 16.7. The zero-order valence-corrected chi connectivity index (χ0v) is 48.8. The number of nitrogens with one attached hydrogen (secondary N) is 5. The van der Waals surface area contributed by atoms with Gasteiger partial charge in [-0.2, -0.15) is 0 Å². The number of hydrogen-bond donors (Lipinski definition) is 10. The SMILES string of the molecule is CN(C(=N)OC(C)(C)C)[C@@H]1[C@@H](O)[C@@H](O[C@@H]2[C@@H](O)[C@H](C3OC(CNCCCN4C(=O)c5ccccc5C4=O)=CC[C@H]3NC(=O)OC(C)(C)C)[C@@H](NC(=O)OC(C)(C)C)C[C@H]2NC(O)C2(O)CCN(C(=O)OC(C)(C)C)C2)OC[C@]1(C)O. The van der Waals surface area contributed by atoms with E-state index in [0.717, 1.165) is 0 Å². The number of imide groups is 1. The number of β-amino-alcohol motifs (C(OH)–C–C–N with tert-alkyl or cyclic N) is 1. The monoisotopic (exact) mass is 1130 g/mol. The number of hydrogen-bond acceptors (Lipinski definition) is 20. The fourth-order valence-electron chi connectivity index (χ4n) is 10.7. The average Bonchev–Trinajstić information content (AvgIpc) is 3.83. The van der Waals surface area contributed by atoms with Gasteiger partial charge in [0.05, 0.1) is 49.0 Å². The Morgan fingerprint density at radius 2 is 1.40 bits per heavy atom. The number of alkyl carbamates (subject to hydrolysis) is 2. The first-order valence-corrected chi connectivity index (χ1v) is 27.4. The second-order valence-electron chi connectivity index (χ2n) is 25.8. The van der Waals surface area contributed by atoms with E-state index >= 15 is 0 Å². The van der Waals surface area contributed by atoms with Crippen LogP contribution in [0.5, 0.6) is 0 Å². The van der Waals surface area contributed by atoms with E-state index in [1.807, 2.05) is 0 Å². The summed E-state index contributed by atoms with van der Waals surface area (Å²) in [7, 11) is 1.45. The summed E-state index contributed by atoms with van der Waals surface area (Å²) in [6.45, 7) is 21.5. The zero-order valence-electron chi connectivity index (χ0n) is 48.8. The molecule has 450 valence electrons. The minimum Gasteiger partial charge on any atom is -0.491 e. The Labute approximate surface area is 468 Å². The van der Waals surface area contributed by atoms with Gasteiger partial charge in [-0.25, -0.2) is 14.4 Å². The minimum atomic E-state index is -2.00. The Kier molecular flexibility index (Phi) is 19.6. The third kappa shape index (κ3) is 16.2. The molecule has 1 aromatic rings. The van der Waals surface area contributed by atoms with Crippen molar-refractivity contribution in [3.05, 3.63) is 47.2 Å². The van der Waals surface area contributed by atoms with Gasteiger partial charge in [0.15, 0.2) is 6.29 Å². The number of amides is 5. The minimum absolute atomic E-state index is 0.00942. The number of fused-ring (bicyclic) bond motifs is 1. The van der Waals surface area contributed by atoms with Crippen molar-refractivity contribution in [2.75, 3.05) is 46.4 Å². The predicted octanol–water partition coefficient (Wildman–Crippen LogP) is 2.65. The lowest BCUT2D eigenvalue weighted by atomic mass is 9.72. The van der Waals surface area contributed by atoms with E-state index in [4.69, 9.17) is 38.6 Å². The van der Waals surface area contributed by atoms with Crippen molar-refractivity contribution in [2.24, 2.45) is 5.92 Å². The van der Waals surface area contributed by atoms with Crippen LogP contribution in [0.15, 0.2) is 36.1 Å². The zero-order chi connectivity index (χ0) is 59.7. The number of rotatable bonds is 15. The van der Waals surface area contributed by atoms with E-state index in [1.54, 1.807) is 113 Å².